The first-order valence-electron chi connectivity index (χ1n) is 4.42. The van der Waals surface area contributed by atoms with Crippen LogP contribution >= 0.6 is 11.3 Å². The molecule has 15 heavy (non-hydrogen) atoms. The zero-order valence-corrected chi connectivity index (χ0v) is 9.05. The van der Waals surface area contributed by atoms with Crippen molar-refractivity contribution in [3.63, 3.8) is 0 Å². The average molecular weight is 227 g/mol. The summed E-state index contributed by atoms with van der Waals surface area (Å²) in [7, 11) is 0. The van der Waals surface area contributed by atoms with Gasteiger partial charge in [-0.3, -0.25) is 10.2 Å². The molecule has 0 radical (unpaired) electrons. The fraction of sp³-hybridized carbons (Fsp3) is 0.333. The van der Waals surface area contributed by atoms with Crippen LogP contribution in [0.5, 0.6) is 0 Å². The number of nitrogens with two attached hydrogens (primary N) is 1. The number of hydrogen-bond acceptors (Lipinski definition) is 5. The Balaban J connectivity index is 2.39. The zero-order valence-electron chi connectivity index (χ0n) is 8.23. The Morgan fingerprint density at radius 2 is 2.60 bits per heavy atom. The molecule has 0 spiro atoms. The molecule has 1 aromatic heterocycles. The summed E-state index contributed by atoms with van der Waals surface area (Å²) in [4.78, 5) is 15.1. The summed E-state index contributed by atoms with van der Waals surface area (Å²) in [6.07, 6.45) is 2.59. The summed E-state index contributed by atoms with van der Waals surface area (Å²) in [6, 6.07) is 0. The monoisotopic (exact) mass is 227 g/mol. The standard InChI is InChI=1S/C9H13N3O2S/c1-2-3-4-14-5-7-6-15-9(11-7)8(13)12-10/h2,6H,1,3-5,10H2,(H,12,13). The quantitative estimate of drug-likeness (QED) is 0.248. The molecule has 1 aromatic rings. The molecule has 3 N–H and O–H groups in total. The largest absolute Gasteiger partial charge is 0.375 e. The van der Waals surface area contributed by atoms with Crippen LogP contribution in [0, 0.1) is 0 Å². The van der Waals surface area contributed by atoms with Gasteiger partial charge in [0.25, 0.3) is 5.91 Å². The molecule has 0 aromatic carbocycles. The smallest absolute Gasteiger partial charge is 0.294 e. The van der Waals surface area contributed by atoms with E-state index in [0.29, 0.717) is 18.2 Å². The molecule has 0 atom stereocenters. The molecule has 0 unspecified atom stereocenters. The fourth-order valence-corrected chi connectivity index (χ4v) is 1.59. The van der Waals surface area contributed by atoms with Gasteiger partial charge in [-0.2, -0.15) is 0 Å². The van der Waals surface area contributed by atoms with Crippen molar-refractivity contribution in [2.45, 2.75) is 13.0 Å². The first-order valence-corrected chi connectivity index (χ1v) is 5.30. The molecule has 6 heteroatoms. The van der Waals surface area contributed by atoms with Crippen LogP contribution in [0.2, 0.25) is 0 Å². The number of nitrogens with one attached hydrogen (secondary N) is 1. The number of aromatic nitrogens is 1. The van der Waals surface area contributed by atoms with Gasteiger partial charge in [-0.05, 0) is 6.42 Å². The number of nitrogens with zero attached hydrogens (tertiary/aromatic N) is 1. The van der Waals surface area contributed by atoms with E-state index in [1.165, 1.54) is 11.3 Å². The van der Waals surface area contributed by atoms with E-state index in [9.17, 15) is 4.79 Å². The molecule has 0 bridgehead atoms. The Labute approximate surface area is 91.9 Å². The molecule has 0 aliphatic rings. The van der Waals surface area contributed by atoms with Gasteiger partial charge < -0.3 is 4.74 Å². The molecule has 82 valence electrons. The van der Waals surface area contributed by atoms with Gasteiger partial charge in [0.05, 0.1) is 18.9 Å². The normalized spacial score (nSPS) is 9.93. The highest BCUT2D eigenvalue weighted by atomic mass is 32.1. The van der Waals surface area contributed by atoms with Gasteiger partial charge in [-0.25, -0.2) is 10.8 Å². The van der Waals surface area contributed by atoms with Gasteiger partial charge in [0.1, 0.15) is 0 Å². The van der Waals surface area contributed by atoms with E-state index in [1.807, 2.05) is 5.43 Å². The minimum atomic E-state index is -0.377. The van der Waals surface area contributed by atoms with E-state index in [-0.39, 0.29) is 5.91 Å². The third-order valence-corrected chi connectivity index (χ3v) is 2.48. The molecule has 1 amide bonds. The van der Waals surface area contributed by atoms with Crippen molar-refractivity contribution in [2.75, 3.05) is 6.61 Å². The third kappa shape index (κ3) is 3.78. The molecule has 0 aliphatic heterocycles. The summed E-state index contributed by atoms with van der Waals surface area (Å²) in [5, 5.41) is 2.12. The van der Waals surface area contributed by atoms with Crippen LogP contribution in [0.1, 0.15) is 21.9 Å². The molecule has 0 fully saturated rings. The lowest BCUT2D eigenvalue weighted by Crippen LogP contribution is -2.29. The van der Waals surface area contributed by atoms with Gasteiger partial charge in [-0.1, -0.05) is 6.08 Å². The van der Waals surface area contributed by atoms with E-state index in [4.69, 9.17) is 10.6 Å². The van der Waals surface area contributed by atoms with Crippen LogP contribution in [0.15, 0.2) is 18.0 Å². The van der Waals surface area contributed by atoms with Crippen LogP contribution in [0.25, 0.3) is 0 Å². The highest BCUT2D eigenvalue weighted by Crippen LogP contribution is 2.10. The summed E-state index contributed by atoms with van der Waals surface area (Å²) >= 11 is 1.24. The average Bonchev–Trinajstić information content (AvgIpc) is 2.72. The molecular weight excluding hydrogens is 214 g/mol. The van der Waals surface area contributed by atoms with E-state index in [0.717, 1.165) is 12.1 Å². The van der Waals surface area contributed by atoms with Crippen molar-refractivity contribution in [3.8, 4) is 0 Å². The molecular formula is C9H13N3O2S. The number of rotatable bonds is 6. The second kappa shape index (κ2) is 6.28. The predicted octanol–water partition coefficient (Wildman–Crippen LogP) is 0.839. The number of hydrogen-bond donors (Lipinski definition) is 2. The first-order chi connectivity index (χ1) is 7.27. The van der Waals surface area contributed by atoms with Gasteiger partial charge in [0.15, 0.2) is 5.01 Å². The Hall–Kier alpha value is -1.24. The number of thiazole rings is 1. The Morgan fingerprint density at radius 3 is 3.27 bits per heavy atom. The molecule has 0 saturated carbocycles. The van der Waals surface area contributed by atoms with Crippen LogP contribution in [0.3, 0.4) is 0 Å². The van der Waals surface area contributed by atoms with Crippen LogP contribution in [-0.4, -0.2) is 17.5 Å². The van der Waals surface area contributed by atoms with Crippen molar-refractivity contribution in [1.82, 2.24) is 10.4 Å². The lowest BCUT2D eigenvalue weighted by molar-refractivity contribution is 0.0951. The zero-order chi connectivity index (χ0) is 11.1. The molecule has 0 saturated heterocycles. The van der Waals surface area contributed by atoms with Crippen molar-refractivity contribution in [2.24, 2.45) is 5.84 Å². The van der Waals surface area contributed by atoms with Gasteiger partial charge in [-0.15, -0.1) is 17.9 Å². The lowest BCUT2D eigenvalue weighted by atomic mass is 10.4. The summed E-state index contributed by atoms with van der Waals surface area (Å²) in [6.45, 7) is 4.60. The maximum absolute atomic E-state index is 11.1. The van der Waals surface area contributed by atoms with Crippen molar-refractivity contribution in [3.05, 3.63) is 28.7 Å². The topological polar surface area (TPSA) is 77.2 Å². The predicted molar refractivity (Wildman–Crippen MR) is 58.2 cm³/mol. The van der Waals surface area contributed by atoms with Crippen molar-refractivity contribution < 1.29 is 9.53 Å². The van der Waals surface area contributed by atoms with Gasteiger partial charge in [0.2, 0.25) is 0 Å². The highest BCUT2D eigenvalue weighted by molar-refractivity contribution is 7.11. The second-order valence-corrected chi connectivity index (χ2v) is 3.61. The van der Waals surface area contributed by atoms with Gasteiger partial charge >= 0.3 is 0 Å². The first kappa shape index (κ1) is 11.8. The van der Waals surface area contributed by atoms with Crippen LogP contribution in [-0.2, 0) is 11.3 Å². The van der Waals surface area contributed by atoms with Crippen LogP contribution < -0.4 is 11.3 Å². The van der Waals surface area contributed by atoms with E-state index < -0.39 is 0 Å². The highest BCUT2D eigenvalue weighted by Gasteiger charge is 2.08. The number of amides is 1. The molecule has 0 aliphatic carbocycles. The lowest BCUT2D eigenvalue weighted by Gasteiger charge is -1.98. The number of carbonyl (C=O) groups is 1. The second-order valence-electron chi connectivity index (χ2n) is 2.75. The van der Waals surface area contributed by atoms with E-state index in [2.05, 4.69) is 11.6 Å². The summed E-state index contributed by atoms with van der Waals surface area (Å²) in [5.74, 6) is 4.60. The van der Waals surface area contributed by atoms with Crippen molar-refractivity contribution >= 4 is 17.2 Å². The minimum Gasteiger partial charge on any atom is -0.375 e. The van der Waals surface area contributed by atoms with Crippen molar-refractivity contribution in [1.29, 1.82) is 0 Å². The van der Waals surface area contributed by atoms with E-state index in [1.54, 1.807) is 11.5 Å². The Kier molecular flexibility index (Phi) is 4.96. The Morgan fingerprint density at radius 1 is 1.80 bits per heavy atom. The van der Waals surface area contributed by atoms with Gasteiger partial charge in [0, 0.05) is 5.38 Å². The third-order valence-electron chi connectivity index (χ3n) is 1.59. The number of nitrogen functional groups attached to an aromatic ring is 1. The molecule has 1 rings (SSSR count). The Bertz CT molecular complexity index is 338. The number of carbonyl (C=O) groups excluding carboxylic acids is 1. The number of ether oxygens (including phenoxy) is 1. The summed E-state index contributed by atoms with van der Waals surface area (Å²) in [5.41, 5.74) is 2.76. The van der Waals surface area contributed by atoms with E-state index >= 15 is 0 Å². The maximum atomic E-state index is 11.1. The summed E-state index contributed by atoms with van der Waals surface area (Å²) < 4.78 is 5.30. The van der Waals surface area contributed by atoms with Crippen LogP contribution in [0.4, 0.5) is 0 Å². The SMILES string of the molecule is C=CCCOCc1csc(C(=O)NN)n1. The molecule has 1 heterocycles. The number of hydrazine groups is 1. The maximum Gasteiger partial charge on any atom is 0.294 e. The minimum absolute atomic E-state index is 0.347. The molecule has 5 nitrogen and oxygen atoms in total. The fourth-order valence-electron chi connectivity index (χ4n) is 0.883.